The van der Waals surface area contributed by atoms with Crippen LogP contribution in [0.1, 0.15) is 43.7 Å². The van der Waals surface area contributed by atoms with Gasteiger partial charge in [-0.3, -0.25) is 4.79 Å². The van der Waals surface area contributed by atoms with Gasteiger partial charge in [0.05, 0.1) is 0 Å². The Bertz CT molecular complexity index is 498. The minimum Gasteiger partial charge on any atom is -0.484 e. The number of likely N-dealkylation sites (tertiary alicyclic amines) is 1. The van der Waals surface area contributed by atoms with E-state index < -0.39 is 0 Å². The molecule has 1 aromatic rings. The number of fused-ring (bicyclic) bond motifs is 1. The van der Waals surface area contributed by atoms with Crippen LogP contribution >= 0.6 is 0 Å². The summed E-state index contributed by atoms with van der Waals surface area (Å²) in [5, 5.41) is 0. The number of aryl methyl sites for hydroxylation is 2. The van der Waals surface area contributed by atoms with Crippen molar-refractivity contribution in [3.8, 4) is 5.75 Å². The second-order valence-electron chi connectivity index (χ2n) is 6.00. The maximum atomic E-state index is 12.2. The van der Waals surface area contributed by atoms with Crippen molar-refractivity contribution in [2.24, 2.45) is 0 Å². The van der Waals surface area contributed by atoms with E-state index in [-0.39, 0.29) is 12.5 Å². The lowest BCUT2D eigenvalue weighted by atomic mass is 10.0. The largest absolute Gasteiger partial charge is 0.484 e. The Labute approximate surface area is 120 Å². The van der Waals surface area contributed by atoms with Gasteiger partial charge in [0.25, 0.3) is 5.91 Å². The van der Waals surface area contributed by atoms with Crippen LogP contribution in [0.25, 0.3) is 0 Å². The lowest BCUT2D eigenvalue weighted by molar-refractivity contribution is -0.136. The molecule has 1 aromatic carbocycles. The number of benzene rings is 1. The second kappa shape index (κ2) is 5.86. The molecule has 1 saturated heterocycles. The van der Waals surface area contributed by atoms with E-state index in [2.05, 4.69) is 19.1 Å². The zero-order valence-corrected chi connectivity index (χ0v) is 12.2. The normalized spacial score (nSPS) is 21.6. The molecule has 3 rings (SSSR count). The molecule has 2 aliphatic rings. The molecule has 0 saturated carbocycles. The molecule has 1 heterocycles. The molecule has 0 radical (unpaired) electrons. The van der Waals surface area contributed by atoms with Crippen LogP contribution in [-0.4, -0.2) is 30.0 Å². The lowest BCUT2D eigenvalue weighted by Crippen LogP contribution is -2.44. The van der Waals surface area contributed by atoms with Crippen molar-refractivity contribution in [3.05, 3.63) is 29.3 Å². The first-order valence-electron chi connectivity index (χ1n) is 7.78. The third-order valence-corrected chi connectivity index (χ3v) is 4.56. The summed E-state index contributed by atoms with van der Waals surface area (Å²) in [6.07, 6.45) is 7.03. The molecule has 20 heavy (non-hydrogen) atoms. The van der Waals surface area contributed by atoms with Crippen molar-refractivity contribution in [2.75, 3.05) is 13.2 Å². The van der Waals surface area contributed by atoms with E-state index in [0.717, 1.165) is 31.6 Å². The Morgan fingerprint density at radius 3 is 2.95 bits per heavy atom. The average molecular weight is 273 g/mol. The Morgan fingerprint density at radius 2 is 2.10 bits per heavy atom. The first-order chi connectivity index (χ1) is 9.74. The molecule has 3 heteroatoms. The number of hydrogen-bond donors (Lipinski definition) is 0. The van der Waals surface area contributed by atoms with Gasteiger partial charge in [0.1, 0.15) is 5.75 Å². The highest BCUT2D eigenvalue weighted by Crippen LogP contribution is 2.26. The van der Waals surface area contributed by atoms with E-state index in [9.17, 15) is 4.79 Å². The van der Waals surface area contributed by atoms with Gasteiger partial charge in [0, 0.05) is 12.6 Å². The van der Waals surface area contributed by atoms with E-state index in [0.29, 0.717) is 6.04 Å². The minimum atomic E-state index is 0.123. The van der Waals surface area contributed by atoms with E-state index in [1.807, 2.05) is 11.0 Å². The molecule has 0 aromatic heterocycles. The number of amides is 1. The van der Waals surface area contributed by atoms with Gasteiger partial charge in [-0.25, -0.2) is 0 Å². The summed E-state index contributed by atoms with van der Waals surface area (Å²) in [4.78, 5) is 14.2. The number of nitrogens with zero attached hydrogens (tertiary/aromatic N) is 1. The van der Waals surface area contributed by atoms with Gasteiger partial charge in [0.15, 0.2) is 6.61 Å². The van der Waals surface area contributed by atoms with Crippen LogP contribution in [0.15, 0.2) is 18.2 Å². The van der Waals surface area contributed by atoms with Crippen LogP contribution in [-0.2, 0) is 17.6 Å². The molecule has 1 fully saturated rings. The van der Waals surface area contributed by atoms with Crippen molar-refractivity contribution in [1.82, 2.24) is 4.90 Å². The number of piperidine rings is 1. The third-order valence-electron chi connectivity index (χ3n) is 4.56. The Balaban J connectivity index is 1.57. The first kappa shape index (κ1) is 13.5. The number of ether oxygens (including phenoxy) is 1. The molecule has 1 amide bonds. The first-order valence-corrected chi connectivity index (χ1v) is 7.78. The van der Waals surface area contributed by atoms with Crippen molar-refractivity contribution in [2.45, 2.75) is 51.5 Å². The third kappa shape index (κ3) is 2.82. The van der Waals surface area contributed by atoms with E-state index in [1.54, 1.807) is 0 Å². The number of rotatable bonds is 3. The summed E-state index contributed by atoms with van der Waals surface area (Å²) in [5.74, 6) is 0.960. The molecule has 3 nitrogen and oxygen atoms in total. The molecule has 1 aliphatic carbocycles. The Morgan fingerprint density at radius 1 is 1.25 bits per heavy atom. The number of carbonyl (C=O) groups excluding carboxylic acids is 1. The summed E-state index contributed by atoms with van der Waals surface area (Å²) < 4.78 is 5.70. The van der Waals surface area contributed by atoms with Crippen molar-refractivity contribution >= 4 is 5.91 Å². The van der Waals surface area contributed by atoms with Crippen LogP contribution in [0.5, 0.6) is 5.75 Å². The number of carbonyl (C=O) groups is 1. The van der Waals surface area contributed by atoms with Crippen molar-refractivity contribution in [3.63, 3.8) is 0 Å². The highest BCUT2D eigenvalue weighted by atomic mass is 16.5. The van der Waals surface area contributed by atoms with Crippen molar-refractivity contribution in [1.29, 1.82) is 0 Å². The zero-order chi connectivity index (χ0) is 13.9. The van der Waals surface area contributed by atoms with E-state index in [4.69, 9.17) is 4.74 Å². The van der Waals surface area contributed by atoms with Crippen LogP contribution in [0.2, 0.25) is 0 Å². The minimum absolute atomic E-state index is 0.123. The molecule has 108 valence electrons. The number of hydrogen-bond acceptors (Lipinski definition) is 2. The summed E-state index contributed by atoms with van der Waals surface area (Å²) in [5.41, 5.74) is 2.83. The summed E-state index contributed by atoms with van der Waals surface area (Å²) in [7, 11) is 0. The predicted octanol–water partition coefficient (Wildman–Crippen LogP) is 2.96. The van der Waals surface area contributed by atoms with Crippen LogP contribution < -0.4 is 4.74 Å². The fourth-order valence-electron chi connectivity index (χ4n) is 3.33. The van der Waals surface area contributed by atoms with Gasteiger partial charge in [-0.1, -0.05) is 6.07 Å². The fraction of sp³-hybridized carbons (Fsp3) is 0.588. The van der Waals surface area contributed by atoms with Gasteiger partial charge in [-0.05, 0) is 68.7 Å². The monoisotopic (exact) mass is 273 g/mol. The van der Waals surface area contributed by atoms with Crippen LogP contribution in [0.3, 0.4) is 0 Å². The average Bonchev–Trinajstić information content (AvgIpc) is 2.92. The quantitative estimate of drug-likeness (QED) is 0.847. The molecule has 1 atom stereocenters. The second-order valence-corrected chi connectivity index (χ2v) is 6.00. The fourth-order valence-corrected chi connectivity index (χ4v) is 3.33. The molecule has 1 aliphatic heterocycles. The zero-order valence-electron chi connectivity index (χ0n) is 12.2. The summed E-state index contributed by atoms with van der Waals surface area (Å²) in [6.45, 7) is 3.18. The van der Waals surface area contributed by atoms with Gasteiger partial charge < -0.3 is 9.64 Å². The molecular formula is C17H23NO2. The summed E-state index contributed by atoms with van der Waals surface area (Å²) >= 11 is 0. The molecule has 0 N–H and O–H groups in total. The smallest absolute Gasteiger partial charge is 0.260 e. The van der Waals surface area contributed by atoms with Crippen molar-refractivity contribution < 1.29 is 9.53 Å². The molecule has 0 unspecified atom stereocenters. The van der Waals surface area contributed by atoms with Crippen LogP contribution in [0.4, 0.5) is 0 Å². The SMILES string of the molecule is C[C@@H]1CCCCN1C(=O)COc1ccc2c(c1)CCC2. The van der Waals surface area contributed by atoms with Gasteiger partial charge in [-0.2, -0.15) is 0 Å². The predicted molar refractivity (Wildman–Crippen MR) is 79.0 cm³/mol. The highest BCUT2D eigenvalue weighted by Gasteiger charge is 2.23. The Kier molecular flexibility index (Phi) is 3.95. The molecule has 0 spiro atoms. The van der Waals surface area contributed by atoms with Gasteiger partial charge in [-0.15, -0.1) is 0 Å². The molecular weight excluding hydrogens is 250 g/mol. The highest BCUT2D eigenvalue weighted by molar-refractivity contribution is 5.78. The van der Waals surface area contributed by atoms with E-state index >= 15 is 0 Å². The molecule has 0 bridgehead atoms. The maximum Gasteiger partial charge on any atom is 0.260 e. The van der Waals surface area contributed by atoms with Gasteiger partial charge in [0.2, 0.25) is 0 Å². The van der Waals surface area contributed by atoms with E-state index in [1.165, 1.54) is 30.4 Å². The van der Waals surface area contributed by atoms with Gasteiger partial charge >= 0.3 is 0 Å². The standard InChI is InChI=1S/C17H23NO2/c1-13-5-2-3-10-18(13)17(19)12-20-16-9-8-14-6-4-7-15(14)11-16/h8-9,11,13H,2-7,10,12H2,1H3/t13-/m1/s1. The lowest BCUT2D eigenvalue weighted by Gasteiger charge is -2.33. The topological polar surface area (TPSA) is 29.5 Å². The summed E-state index contributed by atoms with van der Waals surface area (Å²) in [6, 6.07) is 6.61. The van der Waals surface area contributed by atoms with Crippen LogP contribution in [0, 0.1) is 0 Å². The Hall–Kier alpha value is -1.51. The maximum absolute atomic E-state index is 12.2.